The van der Waals surface area contributed by atoms with Gasteiger partial charge in [-0.1, -0.05) is 46.0 Å². The molecule has 0 atom stereocenters. The molecule has 0 saturated carbocycles. The summed E-state index contributed by atoms with van der Waals surface area (Å²) in [4.78, 5) is 0. The van der Waals surface area contributed by atoms with E-state index in [0.29, 0.717) is 20.4 Å². The summed E-state index contributed by atoms with van der Waals surface area (Å²) in [6, 6.07) is 0. The molecule has 0 amide bonds. The Labute approximate surface area is 106 Å². The molecule has 0 aliphatic heterocycles. The van der Waals surface area contributed by atoms with Gasteiger partial charge in [0.1, 0.15) is 0 Å². The van der Waals surface area contributed by atoms with Gasteiger partial charge < -0.3 is 4.74 Å². The van der Waals surface area contributed by atoms with Gasteiger partial charge in [-0.2, -0.15) is 0 Å². The lowest BCUT2D eigenvalue weighted by molar-refractivity contribution is 0.127. The quantitative estimate of drug-likeness (QED) is 0.355. The lowest BCUT2D eigenvalue weighted by Crippen LogP contribution is -1.98. The molecular weight excluding hydrogens is 196 g/mol. The van der Waals surface area contributed by atoms with Crippen LogP contribution in [0.1, 0.15) is 58.8 Å². The van der Waals surface area contributed by atoms with Gasteiger partial charge in [0.25, 0.3) is 0 Å². The van der Waals surface area contributed by atoms with Crippen molar-refractivity contribution in [3.05, 3.63) is 0 Å². The van der Waals surface area contributed by atoms with E-state index in [1.54, 1.807) is 9.10 Å². The number of ether oxygens (including phenoxy) is 1. The zero-order valence-corrected chi connectivity index (χ0v) is 12.3. The van der Waals surface area contributed by atoms with E-state index in [1.807, 2.05) is 0 Å². The van der Waals surface area contributed by atoms with Gasteiger partial charge in [-0.15, -0.1) is 9.10 Å². The minimum atomic E-state index is 0.297. The largest absolute Gasteiger partial charge is 0.381 e. The maximum atomic E-state index is 5.58. The molecule has 0 aromatic carbocycles. The van der Waals surface area contributed by atoms with E-state index in [-0.39, 0.29) is 0 Å². The highest BCUT2D eigenvalue weighted by Gasteiger charge is 1.95. The van der Waals surface area contributed by atoms with Crippen LogP contribution < -0.4 is 0 Å². The van der Waals surface area contributed by atoms with E-state index in [4.69, 9.17) is 4.74 Å². The van der Waals surface area contributed by atoms with Crippen molar-refractivity contribution in [1.82, 2.24) is 0 Å². The Bertz CT molecular complexity index is 94.7. The molecule has 0 heterocycles. The lowest BCUT2D eigenvalue weighted by atomic mass is 10.3. The van der Waals surface area contributed by atoms with Crippen molar-refractivity contribution in [2.75, 3.05) is 13.2 Å². The predicted octanol–water partition coefficient (Wildman–Crippen LogP) is 4.31. The average molecular weight is 225 g/mol. The first-order valence-electron chi connectivity index (χ1n) is 6.99. The second-order valence-electron chi connectivity index (χ2n) is 4.44. The Hall–Kier alpha value is 0.726. The van der Waals surface area contributed by atoms with E-state index in [0.717, 1.165) is 13.2 Å². The van der Waals surface area contributed by atoms with Crippen molar-refractivity contribution in [2.45, 2.75) is 67.9 Å². The van der Waals surface area contributed by atoms with Crippen LogP contribution in [0, 0.1) is 0 Å². The summed E-state index contributed by atoms with van der Waals surface area (Å²) in [6.07, 6.45) is 9.44. The molecule has 1 nitrogen and oxygen atoms in total. The van der Waals surface area contributed by atoms with Crippen LogP contribution in [-0.4, -0.2) is 33.6 Å². The van der Waals surface area contributed by atoms with Crippen LogP contribution in [0.3, 0.4) is 0 Å². The van der Waals surface area contributed by atoms with Gasteiger partial charge in [0.05, 0.1) is 0 Å². The molecular formula is C13H28MgO. The third-order valence-electron chi connectivity index (χ3n) is 2.78. The first kappa shape index (κ1) is 15.7. The number of hydrogen-bond donors (Lipinski definition) is 0. The normalized spacial score (nSPS) is 10.3. The van der Waals surface area contributed by atoms with Crippen LogP contribution in [0.2, 0.25) is 9.10 Å². The molecule has 0 aromatic heterocycles. The predicted molar refractivity (Wildman–Crippen MR) is 69.9 cm³/mol. The van der Waals surface area contributed by atoms with Gasteiger partial charge in [0.15, 0.2) is 0 Å². The molecule has 0 rings (SSSR count). The molecule has 0 radical (unpaired) electrons. The Morgan fingerprint density at radius 3 is 2.00 bits per heavy atom. The zero-order chi connectivity index (χ0) is 11.2. The Balaban J connectivity index is 2.81. The molecule has 0 aliphatic rings. The van der Waals surface area contributed by atoms with Crippen molar-refractivity contribution < 1.29 is 4.74 Å². The Morgan fingerprint density at radius 1 is 0.733 bits per heavy atom. The van der Waals surface area contributed by atoms with E-state index >= 15 is 0 Å². The van der Waals surface area contributed by atoms with Gasteiger partial charge in [-0.25, -0.2) is 0 Å². The number of unbranched alkanes of at least 4 members (excludes halogenated alkanes) is 4. The second kappa shape index (κ2) is 14.7. The summed E-state index contributed by atoms with van der Waals surface area (Å²) in [5.41, 5.74) is 0. The molecule has 0 spiro atoms. The molecule has 15 heavy (non-hydrogen) atoms. The van der Waals surface area contributed by atoms with Gasteiger partial charge >= 0.3 is 20.4 Å². The third kappa shape index (κ3) is 14.7. The van der Waals surface area contributed by atoms with Crippen LogP contribution in [0.4, 0.5) is 0 Å². The average Bonchev–Trinajstić information content (AvgIpc) is 2.26. The van der Waals surface area contributed by atoms with Gasteiger partial charge in [0, 0.05) is 13.2 Å². The van der Waals surface area contributed by atoms with Crippen LogP contribution >= 0.6 is 0 Å². The molecule has 2 heteroatoms. The van der Waals surface area contributed by atoms with E-state index in [2.05, 4.69) is 13.8 Å². The van der Waals surface area contributed by atoms with Gasteiger partial charge in [-0.05, 0) is 12.8 Å². The van der Waals surface area contributed by atoms with Gasteiger partial charge in [-0.3, -0.25) is 0 Å². The minimum absolute atomic E-state index is 0.297. The topological polar surface area (TPSA) is 9.23 Å². The molecule has 0 bridgehead atoms. The summed E-state index contributed by atoms with van der Waals surface area (Å²) < 4.78 is 8.68. The first-order chi connectivity index (χ1) is 7.41. The van der Waals surface area contributed by atoms with Crippen molar-refractivity contribution in [3.63, 3.8) is 0 Å². The molecule has 0 aromatic rings. The molecule has 0 fully saturated rings. The van der Waals surface area contributed by atoms with Crippen molar-refractivity contribution >= 4 is 20.4 Å². The highest BCUT2D eigenvalue weighted by atomic mass is 24.5. The molecule has 0 saturated heterocycles. The Kier molecular flexibility index (Phi) is 15.4. The van der Waals surface area contributed by atoms with Crippen LogP contribution in [0.5, 0.6) is 0 Å². The third-order valence-corrected chi connectivity index (χ3v) is 4.78. The standard InChI is InChI=1S/C9H19O.C4H9.Mg/c1-3-5-7-9-10-8-6-4-2;1-3-4-2;/h2-9H2,1H3;1,3-4H2,2H3;. The van der Waals surface area contributed by atoms with Crippen LogP contribution in [0.15, 0.2) is 0 Å². The fourth-order valence-corrected chi connectivity index (χ4v) is 3.63. The smallest absolute Gasteiger partial charge is 0.364 e. The molecule has 0 aliphatic carbocycles. The molecule has 88 valence electrons. The Morgan fingerprint density at radius 2 is 1.33 bits per heavy atom. The summed E-state index contributed by atoms with van der Waals surface area (Å²) >= 11 is 0.297. The SMILES string of the molecule is CCCCCOCCC[CH2][Mg][CH2]CCC. The van der Waals surface area contributed by atoms with Crippen molar-refractivity contribution in [2.24, 2.45) is 0 Å². The lowest BCUT2D eigenvalue weighted by Gasteiger charge is -2.03. The minimum Gasteiger partial charge on any atom is -0.381 e. The van der Waals surface area contributed by atoms with Crippen LogP contribution in [-0.2, 0) is 4.74 Å². The zero-order valence-electron chi connectivity index (χ0n) is 10.9. The monoisotopic (exact) mass is 224 g/mol. The van der Waals surface area contributed by atoms with Gasteiger partial charge in [0.2, 0.25) is 0 Å². The number of rotatable bonds is 12. The highest BCUT2D eigenvalue weighted by molar-refractivity contribution is 6.35. The summed E-state index contributed by atoms with van der Waals surface area (Å²) in [6.45, 7) is 6.52. The fourth-order valence-electron chi connectivity index (χ4n) is 1.72. The molecule has 0 N–H and O–H groups in total. The maximum absolute atomic E-state index is 5.58. The van der Waals surface area contributed by atoms with Crippen LogP contribution in [0.25, 0.3) is 0 Å². The molecule has 0 unspecified atom stereocenters. The van der Waals surface area contributed by atoms with E-state index in [9.17, 15) is 0 Å². The van der Waals surface area contributed by atoms with Crippen molar-refractivity contribution in [3.8, 4) is 0 Å². The summed E-state index contributed by atoms with van der Waals surface area (Å²) in [5, 5.41) is 0. The first-order valence-corrected chi connectivity index (χ1v) is 8.99. The highest BCUT2D eigenvalue weighted by Crippen LogP contribution is 2.02. The summed E-state index contributed by atoms with van der Waals surface area (Å²) in [5.74, 6) is 0. The number of hydrogen-bond acceptors (Lipinski definition) is 1. The van der Waals surface area contributed by atoms with Crippen molar-refractivity contribution in [1.29, 1.82) is 0 Å². The maximum Gasteiger partial charge on any atom is 0.364 e. The fraction of sp³-hybridized carbons (Fsp3) is 1.00. The van der Waals surface area contributed by atoms with E-state index in [1.165, 1.54) is 44.9 Å². The van der Waals surface area contributed by atoms with E-state index < -0.39 is 0 Å². The second-order valence-corrected chi connectivity index (χ2v) is 6.56. The summed E-state index contributed by atoms with van der Waals surface area (Å²) in [7, 11) is 0.